The zero-order valence-electron chi connectivity index (χ0n) is 30.9. The van der Waals surface area contributed by atoms with Crippen molar-refractivity contribution in [2.45, 2.75) is 41.6 Å². The smallest absolute Gasteiger partial charge is 0.268 e. The zero-order valence-corrected chi connectivity index (χ0v) is 38.9. The Morgan fingerprint density at radius 1 is 0.655 bits per heavy atom. The number of ether oxygens (including phenoxy) is 2. The summed E-state index contributed by atoms with van der Waals surface area (Å²) in [5, 5.41) is 1.22. The van der Waals surface area contributed by atoms with Crippen molar-refractivity contribution in [3.05, 3.63) is 115 Å². The Balaban J connectivity index is 1.33. The first-order chi connectivity index (χ1) is 25.9. The van der Waals surface area contributed by atoms with Crippen molar-refractivity contribution in [1.82, 2.24) is 17.7 Å². The Morgan fingerprint density at radius 2 is 1.11 bits per heavy atom. The predicted octanol–water partition coefficient (Wildman–Crippen LogP) is 9.91. The highest BCUT2D eigenvalue weighted by Gasteiger charge is 2.37. The van der Waals surface area contributed by atoms with Crippen molar-refractivity contribution < 1.29 is 26.3 Å². The summed E-state index contributed by atoms with van der Waals surface area (Å²) in [5.74, 6) is 1.04. The minimum absolute atomic E-state index is 0.129. The minimum Gasteiger partial charge on any atom is -0.491 e. The third kappa shape index (κ3) is 8.07. The molecule has 292 valence electrons. The monoisotopic (exact) mass is 1040 g/mol. The molecular weight excluding hydrogens is 1000 g/mol. The van der Waals surface area contributed by atoms with Crippen LogP contribution in [-0.4, -0.2) is 81.6 Å². The fourth-order valence-corrected chi connectivity index (χ4v) is 12.4. The van der Waals surface area contributed by atoms with Crippen molar-refractivity contribution >= 4 is 106 Å². The van der Waals surface area contributed by atoms with Gasteiger partial charge in [-0.2, -0.15) is 0 Å². The van der Waals surface area contributed by atoms with Crippen LogP contribution in [0.15, 0.2) is 119 Å². The van der Waals surface area contributed by atoms with Crippen LogP contribution >= 0.6 is 63.7 Å². The molecule has 6 rings (SSSR count). The summed E-state index contributed by atoms with van der Waals surface area (Å²) in [6.07, 6.45) is 3.46. The molecule has 6 aromatic rings. The van der Waals surface area contributed by atoms with E-state index in [0.29, 0.717) is 48.7 Å². The lowest BCUT2D eigenvalue weighted by molar-refractivity contribution is -0.0480. The molecule has 16 heteroatoms. The molecule has 0 radical (unpaired) electrons. The van der Waals surface area contributed by atoms with E-state index in [1.165, 1.54) is 20.3 Å². The fourth-order valence-electron chi connectivity index (χ4n) is 6.59. The molecule has 10 nitrogen and oxygen atoms in total. The van der Waals surface area contributed by atoms with Gasteiger partial charge in [0, 0.05) is 35.1 Å². The van der Waals surface area contributed by atoms with Gasteiger partial charge in [0.15, 0.2) is 0 Å². The number of aromatic nitrogens is 2. The number of fused-ring (bicyclic) bond motifs is 2. The fraction of sp³-hybridized carbons (Fsp3) is 0.282. The van der Waals surface area contributed by atoms with Crippen LogP contribution in [0.1, 0.15) is 31.7 Å². The molecule has 0 atom stereocenters. The first kappa shape index (κ1) is 41.9. The maximum atomic E-state index is 14.1. The van der Waals surface area contributed by atoms with Crippen molar-refractivity contribution in [2.75, 3.05) is 41.4 Å². The maximum Gasteiger partial charge on any atom is 0.268 e. The number of halogens is 4. The highest BCUT2D eigenvalue weighted by atomic mass is 79.9. The normalized spacial score (nSPS) is 12.8. The first-order valence-corrected chi connectivity index (χ1v) is 23.2. The van der Waals surface area contributed by atoms with Gasteiger partial charge in [0.2, 0.25) is 0 Å². The molecular formula is C39H40Br4N4O6S2. The van der Waals surface area contributed by atoms with Gasteiger partial charge in [-0.1, -0.05) is 76.0 Å². The van der Waals surface area contributed by atoms with E-state index in [1.54, 1.807) is 54.6 Å². The van der Waals surface area contributed by atoms with Crippen LogP contribution < -0.4 is 9.47 Å². The van der Waals surface area contributed by atoms with Gasteiger partial charge in [-0.15, -0.1) is 0 Å². The third-order valence-corrected chi connectivity index (χ3v) is 15.3. The minimum atomic E-state index is -4.01. The van der Waals surface area contributed by atoms with E-state index in [-0.39, 0.29) is 28.9 Å². The van der Waals surface area contributed by atoms with Gasteiger partial charge in [-0.3, -0.25) is 9.80 Å². The molecule has 0 spiro atoms. The largest absolute Gasteiger partial charge is 0.491 e. The lowest BCUT2D eigenvalue weighted by Gasteiger charge is -2.44. The van der Waals surface area contributed by atoms with Crippen molar-refractivity contribution in [1.29, 1.82) is 0 Å². The van der Waals surface area contributed by atoms with Crippen LogP contribution in [0, 0.1) is 0 Å². The molecule has 0 fully saturated rings. The molecule has 55 heavy (non-hydrogen) atoms. The van der Waals surface area contributed by atoms with Crippen LogP contribution in [0.5, 0.6) is 11.5 Å². The summed E-state index contributed by atoms with van der Waals surface area (Å²) in [6, 6.07) is 22.5. The molecule has 0 unspecified atom stereocenters. The molecule has 0 aliphatic carbocycles. The predicted molar refractivity (Wildman–Crippen MR) is 233 cm³/mol. The van der Waals surface area contributed by atoms with Gasteiger partial charge >= 0.3 is 0 Å². The van der Waals surface area contributed by atoms with Gasteiger partial charge in [0.25, 0.3) is 20.0 Å². The highest BCUT2D eigenvalue weighted by Crippen LogP contribution is 2.40. The summed E-state index contributed by atoms with van der Waals surface area (Å²) >= 11 is 14.3. The van der Waals surface area contributed by atoms with Crippen molar-refractivity contribution in [3.63, 3.8) is 0 Å². The van der Waals surface area contributed by atoms with Crippen molar-refractivity contribution in [3.8, 4) is 11.5 Å². The molecule has 0 bridgehead atoms. The Kier molecular flexibility index (Phi) is 12.4. The van der Waals surface area contributed by atoms with E-state index in [1.807, 2.05) is 62.3 Å². The van der Waals surface area contributed by atoms with Gasteiger partial charge in [-0.05, 0) is 120 Å². The number of nitrogens with zero attached hydrogens (tertiary/aromatic N) is 4. The molecule has 0 amide bonds. The maximum absolute atomic E-state index is 14.1. The summed E-state index contributed by atoms with van der Waals surface area (Å²) in [6.45, 7) is 4.44. The lowest BCUT2D eigenvalue weighted by Crippen LogP contribution is -2.59. The van der Waals surface area contributed by atoms with Gasteiger partial charge in [0.1, 0.15) is 23.8 Å². The average molecular weight is 1040 g/mol. The van der Waals surface area contributed by atoms with Crippen molar-refractivity contribution in [2.24, 2.45) is 0 Å². The third-order valence-electron chi connectivity index (χ3n) is 9.78. The molecule has 0 saturated carbocycles. The van der Waals surface area contributed by atoms with Crippen LogP contribution in [-0.2, 0) is 20.0 Å². The number of likely N-dealkylation sites (N-methyl/N-ethyl adjacent to an activating group) is 2. The second-order valence-electron chi connectivity index (χ2n) is 13.9. The number of hydrogen-bond donors (Lipinski definition) is 0. The van der Waals surface area contributed by atoms with Gasteiger partial charge in [0.05, 0.1) is 39.8 Å². The van der Waals surface area contributed by atoms with E-state index in [4.69, 9.17) is 9.47 Å². The Hall–Kier alpha value is -2.70. The topological polar surface area (TPSA) is 103 Å². The number of benzene rings is 4. The van der Waals surface area contributed by atoms with E-state index in [0.717, 1.165) is 14.5 Å². The summed E-state index contributed by atoms with van der Waals surface area (Å²) in [5.41, 5.74) is 1.20. The Bertz CT molecular complexity index is 2580. The Labute approximate surface area is 356 Å². The number of hydrogen-bond acceptors (Lipinski definition) is 8. The molecule has 2 heterocycles. The van der Waals surface area contributed by atoms with Crippen LogP contribution in [0.3, 0.4) is 0 Å². The standard InChI is InChI=1S/C39H40Br4N4O6S2/c1-25(2)26-12-14-30(15-13-26)55(50,51)47-23-36(32-19-28(41)21-34(43)38(32)47)53-24-39(44(3)4,45(5)6)16-17-52-35-22-46(37-31(35)18-27(40)20-33(37)42)54(48,49)29-10-8-7-9-11-29/h7-15,18-23,25H,16-17,24H2,1-6H3. The second kappa shape index (κ2) is 16.3. The molecule has 0 aliphatic rings. The quantitative estimate of drug-likeness (QED) is 0.0995. The second-order valence-corrected chi connectivity index (χ2v) is 21.0. The van der Waals surface area contributed by atoms with Gasteiger partial charge in [-0.25, -0.2) is 24.8 Å². The first-order valence-electron chi connectivity index (χ1n) is 17.2. The summed E-state index contributed by atoms with van der Waals surface area (Å²) in [7, 11) is -0.189. The lowest BCUT2D eigenvalue weighted by atomic mass is 10.0. The van der Waals surface area contributed by atoms with Crippen LogP contribution in [0.4, 0.5) is 0 Å². The molecule has 2 aromatic heterocycles. The average Bonchev–Trinajstić information content (AvgIpc) is 3.69. The highest BCUT2D eigenvalue weighted by molar-refractivity contribution is 9.11. The molecule has 0 N–H and O–H groups in total. The zero-order chi connectivity index (χ0) is 40.0. The van der Waals surface area contributed by atoms with E-state index < -0.39 is 25.7 Å². The molecule has 4 aromatic carbocycles. The summed E-state index contributed by atoms with van der Waals surface area (Å²) in [4.78, 5) is 4.39. The van der Waals surface area contributed by atoms with Crippen LogP contribution in [0.25, 0.3) is 21.8 Å². The molecule has 0 aliphatic heterocycles. The SMILES string of the molecule is CC(C)c1ccc(S(=O)(=O)n2cc(OCC(CCOc3cn(S(=O)(=O)c4ccccc4)c4c(Br)cc(Br)cc34)(N(C)C)N(C)C)c3cc(Br)cc(Br)c32)cc1. The summed E-state index contributed by atoms with van der Waals surface area (Å²) < 4.78 is 74.2. The van der Waals surface area contributed by atoms with E-state index in [2.05, 4.69) is 77.6 Å². The Morgan fingerprint density at radius 3 is 1.56 bits per heavy atom. The van der Waals surface area contributed by atoms with E-state index in [9.17, 15) is 16.8 Å². The van der Waals surface area contributed by atoms with Crippen LogP contribution in [0.2, 0.25) is 0 Å². The number of rotatable bonds is 14. The van der Waals surface area contributed by atoms with Gasteiger partial charge < -0.3 is 9.47 Å². The van der Waals surface area contributed by atoms with E-state index >= 15 is 0 Å². The molecule has 0 saturated heterocycles.